The fourth-order valence-corrected chi connectivity index (χ4v) is 0.730. The number of hydrogen-bond donors (Lipinski definition) is 0. The Balaban J connectivity index is 0.000000366. The zero-order chi connectivity index (χ0) is 13.1. The number of ether oxygens (including phenoxy) is 2. The Morgan fingerprint density at radius 2 is 1.59 bits per heavy atom. The van der Waals surface area contributed by atoms with Gasteiger partial charge < -0.3 is 9.47 Å². The number of methoxy groups -OCH3 is 1. The fourth-order valence-electron chi connectivity index (χ4n) is 0.730. The van der Waals surface area contributed by atoms with Crippen LogP contribution in [0.15, 0.2) is 55.6 Å². The minimum atomic E-state index is -0.434. The number of benzene rings is 1. The first kappa shape index (κ1) is 14.6. The molecule has 4 heteroatoms. The quantitative estimate of drug-likeness (QED) is 0.456. The van der Waals surface area contributed by atoms with E-state index < -0.39 is 11.9 Å². The van der Waals surface area contributed by atoms with Crippen molar-refractivity contribution in [2.45, 2.75) is 0 Å². The molecule has 0 saturated heterocycles. The lowest BCUT2D eigenvalue weighted by atomic mass is 10.3. The van der Waals surface area contributed by atoms with E-state index in [1.54, 1.807) is 24.3 Å². The van der Waals surface area contributed by atoms with Crippen molar-refractivity contribution < 1.29 is 19.1 Å². The Hall–Kier alpha value is -2.36. The molecule has 4 nitrogen and oxygen atoms in total. The summed E-state index contributed by atoms with van der Waals surface area (Å²) in [5, 5.41) is 0. The summed E-state index contributed by atoms with van der Waals surface area (Å²) < 4.78 is 8.95. The second kappa shape index (κ2) is 8.91. The van der Waals surface area contributed by atoms with Crippen LogP contribution in [0.2, 0.25) is 0 Å². The number of esters is 2. The lowest BCUT2D eigenvalue weighted by Gasteiger charge is -1.98. The minimum absolute atomic E-state index is 0.394. The first-order valence-electron chi connectivity index (χ1n) is 4.73. The average Bonchev–Trinajstić information content (AvgIpc) is 2.39. The maximum Gasteiger partial charge on any atom is 0.335 e. The second-order valence-electron chi connectivity index (χ2n) is 2.67. The third-order valence-electron chi connectivity index (χ3n) is 1.50. The molecule has 0 spiro atoms. The molecule has 0 aliphatic rings. The van der Waals surface area contributed by atoms with Crippen molar-refractivity contribution >= 4 is 11.9 Å². The first-order chi connectivity index (χ1) is 8.13. The molecule has 17 heavy (non-hydrogen) atoms. The van der Waals surface area contributed by atoms with Crippen LogP contribution in [0.5, 0.6) is 5.75 Å². The Labute approximate surface area is 100 Å². The van der Waals surface area contributed by atoms with Gasteiger partial charge in [0.15, 0.2) is 0 Å². The summed E-state index contributed by atoms with van der Waals surface area (Å²) in [5.41, 5.74) is 0. The van der Waals surface area contributed by atoms with E-state index in [1.807, 2.05) is 6.07 Å². The molecule has 0 radical (unpaired) electrons. The normalized spacial score (nSPS) is 8.06. The number of carbonyl (C=O) groups excluding carboxylic acids is 2. The van der Waals surface area contributed by atoms with Crippen LogP contribution < -0.4 is 4.74 Å². The second-order valence-corrected chi connectivity index (χ2v) is 2.67. The molecule has 0 unspecified atom stereocenters. The van der Waals surface area contributed by atoms with Crippen LogP contribution in [0.25, 0.3) is 0 Å². The molecule has 1 aromatic rings. The van der Waals surface area contributed by atoms with Gasteiger partial charge >= 0.3 is 11.9 Å². The van der Waals surface area contributed by atoms with Crippen molar-refractivity contribution in [1.29, 1.82) is 0 Å². The Bertz CT molecular complexity index is 382. The highest BCUT2D eigenvalue weighted by Gasteiger charge is 1.95. The summed E-state index contributed by atoms with van der Waals surface area (Å²) in [6.07, 6.45) is 2.24. The monoisotopic (exact) mass is 234 g/mol. The van der Waals surface area contributed by atoms with E-state index in [0.29, 0.717) is 5.75 Å². The Morgan fingerprint density at radius 3 is 1.94 bits per heavy atom. The van der Waals surface area contributed by atoms with Crippen LogP contribution in [0.4, 0.5) is 0 Å². The molecular formula is C13H14O4. The highest BCUT2D eigenvalue weighted by molar-refractivity contribution is 5.83. The van der Waals surface area contributed by atoms with E-state index >= 15 is 0 Å². The number of para-hydroxylation sites is 1. The van der Waals surface area contributed by atoms with Gasteiger partial charge in [0, 0.05) is 12.2 Å². The third-order valence-corrected chi connectivity index (χ3v) is 1.50. The first-order valence-corrected chi connectivity index (χ1v) is 4.73. The molecule has 0 aromatic heterocycles. The molecule has 0 saturated carbocycles. The number of rotatable bonds is 3. The summed E-state index contributed by atoms with van der Waals surface area (Å²) in [5.74, 6) is -0.288. The Kier molecular flexibility index (Phi) is 7.67. The topological polar surface area (TPSA) is 52.6 Å². The lowest BCUT2D eigenvalue weighted by Crippen LogP contribution is -2.02. The van der Waals surface area contributed by atoms with E-state index in [9.17, 15) is 9.59 Å². The molecule has 0 aliphatic carbocycles. The van der Waals surface area contributed by atoms with Gasteiger partial charge in [-0.05, 0) is 12.1 Å². The van der Waals surface area contributed by atoms with E-state index in [0.717, 1.165) is 12.2 Å². The zero-order valence-electron chi connectivity index (χ0n) is 9.59. The van der Waals surface area contributed by atoms with Crippen LogP contribution in [0.1, 0.15) is 0 Å². The highest BCUT2D eigenvalue weighted by atomic mass is 16.5. The van der Waals surface area contributed by atoms with Crippen molar-refractivity contribution in [3.8, 4) is 5.75 Å². The number of hydrogen-bond acceptors (Lipinski definition) is 4. The van der Waals surface area contributed by atoms with Gasteiger partial charge in [-0.1, -0.05) is 31.4 Å². The maximum absolute atomic E-state index is 10.6. The van der Waals surface area contributed by atoms with Gasteiger partial charge in [0.1, 0.15) is 5.75 Å². The molecule has 0 fully saturated rings. The fraction of sp³-hybridized carbons (Fsp3) is 0.0769. The molecule has 0 aliphatic heterocycles. The minimum Gasteiger partial charge on any atom is -0.466 e. The summed E-state index contributed by atoms with van der Waals surface area (Å²) in [4.78, 5) is 20.5. The van der Waals surface area contributed by atoms with E-state index in [1.165, 1.54) is 7.11 Å². The largest absolute Gasteiger partial charge is 0.466 e. The van der Waals surface area contributed by atoms with Gasteiger partial charge in [0.25, 0.3) is 0 Å². The summed E-state index contributed by atoms with van der Waals surface area (Å²) in [7, 11) is 1.31. The van der Waals surface area contributed by atoms with Gasteiger partial charge in [-0.25, -0.2) is 9.59 Å². The average molecular weight is 234 g/mol. The van der Waals surface area contributed by atoms with E-state index in [2.05, 4.69) is 17.9 Å². The number of carbonyl (C=O) groups is 2. The van der Waals surface area contributed by atoms with Gasteiger partial charge in [0.05, 0.1) is 7.11 Å². The van der Waals surface area contributed by atoms with Gasteiger partial charge in [0.2, 0.25) is 0 Å². The van der Waals surface area contributed by atoms with Gasteiger partial charge in [-0.3, -0.25) is 0 Å². The van der Waals surface area contributed by atoms with Crippen LogP contribution in [-0.2, 0) is 14.3 Å². The van der Waals surface area contributed by atoms with Crippen LogP contribution in [-0.4, -0.2) is 19.0 Å². The molecule has 90 valence electrons. The van der Waals surface area contributed by atoms with E-state index in [4.69, 9.17) is 4.74 Å². The smallest absolute Gasteiger partial charge is 0.335 e. The van der Waals surface area contributed by atoms with Crippen molar-refractivity contribution in [1.82, 2.24) is 0 Å². The molecule has 1 aromatic carbocycles. The molecule has 0 amide bonds. The van der Waals surface area contributed by atoms with Crippen molar-refractivity contribution in [2.75, 3.05) is 7.11 Å². The van der Waals surface area contributed by atoms with Gasteiger partial charge in [-0.2, -0.15) is 0 Å². The molecule has 0 heterocycles. The maximum atomic E-state index is 10.6. The Morgan fingerprint density at radius 1 is 1.06 bits per heavy atom. The van der Waals surface area contributed by atoms with Crippen LogP contribution in [0, 0.1) is 0 Å². The van der Waals surface area contributed by atoms with Crippen molar-refractivity contribution in [2.24, 2.45) is 0 Å². The van der Waals surface area contributed by atoms with E-state index in [-0.39, 0.29) is 0 Å². The SMILES string of the molecule is C=CC(=O)OC.C=CC(=O)Oc1ccccc1. The predicted molar refractivity (Wildman–Crippen MR) is 64.5 cm³/mol. The predicted octanol–water partition coefficient (Wildman–Crippen LogP) is 2.12. The van der Waals surface area contributed by atoms with Crippen LogP contribution >= 0.6 is 0 Å². The lowest BCUT2D eigenvalue weighted by molar-refractivity contribution is -0.134. The third kappa shape index (κ3) is 7.56. The molecule has 0 bridgehead atoms. The van der Waals surface area contributed by atoms with Crippen LogP contribution in [0.3, 0.4) is 0 Å². The van der Waals surface area contributed by atoms with Gasteiger partial charge in [-0.15, -0.1) is 0 Å². The standard InChI is InChI=1S/C9H8O2.C4H6O2/c1-2-9(10)11-8-6-4-3-5-7-8;1-3-4(5)6-2/h2-7H,1H2;3H,1H2,2H3. The van der Waals surface area contributed by atoms with Crippen molar-refractivity contribution in [3.63, 3.8) is 0 Å². The molecule has 1 rings (SSSR count). The summed E-state index contributed by atoms with van der Waals surface area (Å²) in [6.45, 7) is 6.44. The summed E-state index contributed by atoms with van der Waals surface area (Å²) in [6, 6.07) is 8.87. The van der Waals surface area contributed by atoms with Crippen molar-refractivity contribution in [3.05, 3.63) is 55.6 Å². The molecule has 0 N–H and O–H groups in total. The molecular weight excluding hydrogens is 220 g/mol. The zero-order valence-corrected chi connectivity index (χ0v) is 9.59. The highest BCUT2D eigenvalue weighted by Crippen LogP contribution is 2.07. The summed E-state index contributed by atoms with van der Waals surface area (Å²) >= 11 is 0. The molecule has 0 atom stereocenters.